The van der Waals surface area contributed by atoms with Gasteiger partial charge in [-0.15, -0.1) is 0 Å². The monoisotopic (exact) mass is 260 g/mol. The minimum absolute atomic E-state index is 0.00962. The van der Waals surface area contributed by atoms with Crippen LogP contribution in [0.1, 0.15) is 30.1 Å². The zero-order chi connectivity index (χ0) is 13.8. The molecule has 1 aromatic rings. The second-order valence-electron chi connectivity index (χ2n) is 5.20. The number of amides is 1. The first kappa shape index (κ1) is 13.7. The van der Waals surface area contributed by atoms with Crippen molar-refractivity contribution in [1.29, 1.82) is 0 Å². The van der Waals surface area contributed by atoms with Crippen LogP contribution in [0.25, 0.3) is 0 Å². The molecule has 1 heterocycles. The van der Waals surface area contributed by atoms with Gasteiger partial charge in [0.15, 0.2) is 5.78 Å². The Bertz CT molecular complexity index is 477. The van der Waals surface area contributed by atoms with Gasteiger partial charge in [0.2, 0.25) is 5.91 Å². The first-order valence-electron chi connectivity index (χ1n) is 6.66. The summed E-state index contributed by atoms with van der Waals surface area (Å²) in [6.07, 6.45) is 1.80. The molecule has 0 aromatic heterocycles. The maximum atomic E-state index is 12.1. The van der Waals surface area contributed by atoms with Crippen LogP contribution < -0.4 is 5.32 Å². The topological polar surface area (TPSA) is 49.4 Å². The third kappa shape index (κ3) is 3.64. The maximum absolute atomic E-state index is 12.1. The van der Waals surface area contributed by atoms with Gasteiger partial charge < -0.3 is 10.2 Å². The quantitative estimate of drug-likeness (QED) is 0.847. The predicted octanol–water partition coefficient (Wildman–Crippen LogP) is 2.17. The highest BCUT2D eigenvalue weighted by molar-refractivity contribution is 5.97. The van der Waals surface area contributed by atoms with E-state index in [1.165, 1.54) is 6.92 Å². The second kappa shape index (κ2) is 5.97. The maximum Gasteiger partial charge on any atom is 0.227 e. The Morgan fingerprint density at radius 1 is 1.26 bits per heavy atom. The smallest absolute Gasteiger partial charge is 0.227 e. The van der Waals surface area contributed by atoms with Gasteiger partial charge in [-0.05, 0) is 52.0 Å². The number of piperidine rings is 1. The fraction of sp³-hybridized carbons (Fsp3) is 0.467. The fourth-order valence-electron chi connectivity index (χ4n) is 2.33. The van der Waals surface area contributed by atoms with E-state index in [1.807, 2.05) is 6.07 Å². The molecule has 4 nitrogen and oxygen atoms in total. The predicted molar refractivity (Wildman–Crippen MR) is 75.3 cm³/mol. The van der Waals surface area contributed by atoms with Crippen LogP contribution in [0.3, 0.4) is 0 Å². The van der Waals surface area contributed by atoms with Crippen LogP contribution in [0.4, 0.5) is 5.69 Å². The largest absolute Gasteiger partial charge is 0.326 e. The van der Waals surface area contributed by atoms with Gasteiger partial charge in [0.25, 0.3) is 0 Å². The number of nitrogens with zero attached hydrogens (tertiary/aromatic N) is 1. The Labute approximate surface area is 113 Å². The molecule has 0 atom stereocenters. The van der Waals surface area contributed by atoms with Gasteiger partial charge in [0.1, 0.15) is 0 Å². The molecular formula is C15H20N2O2. The summed E-state index contributed by atoms with van der Waals surface area (Å²) in [7, 11) is 2.07. The zero-order valence-corrected chi connectivity index (χ0v) is 11.5. The molecule has 1 N–H and O–H groups in total. The van der Waals surface area contributed by atoms with Crippen molar-refractivity contribution in [3.8, 4) is 0 Å². The first-order valence-corrected chi connectivity index (χ1v) is 6.66. The summed E-state index contributed by atoms with van der Waals surface area (Å²) in [5.41, 5.74) is 1.33. The first-order chi connectivity index (χ1) is 9.06. The number of hydrogen-bond donors (Lipinski definition) is 1. The summed E-state index contributed by atoms with van der Waals surface area (Å²) in [4.78, 5) is 25.7. The van der Waals surface area contributed by atoms with Gasteiger partial charge >= 0.3 is 0 Å². The Kier molecular flexibility index (Phi) is 4.32. The van der Waals surface area contributed by atoms with Gasteiger partial charge in [-0.2, -0.15) is 0 Å². The molecule has 1 aliphatic rings. The van der Waals surface area contributed by atoms with E-state index in [4.69, 9.17) is 0 Å². The average molecular weight is 260 g/mol. The molecule has 1 amide bonds. The van der Waals surface area contributed by atoms with Gasteiger partial charge in [0.05, 0.1) is 0 Å². The van der Waals surface area contributed by atoms with Crippen molar-refractivity contribution in [2.45, 2.75) is 19.8 Å². The van der Waals surface area contributed by atoms with Crippen LogP contribution >= 0.6 is 0 Å². The molecule has 0 aliphatic carbocycles. The van der Waals surface area contributed by atoms with E-state index in [-0.39, 0.29) is 17.6 Å². The normalized spacial score (nSPS) is 17.2. The molecule has 19 heavy (non-hydrogen) atoms. The molecule has 1 fully saturated rings. The highest BCUT2D eigenvalue weighted by Gasteiger charge is 2.23. The van der Waals surface area contributed by atoms with E-state index in [9.17, 15) is 9.59 Å². The molecule has 0 spiro atoms. The van der Waals surface area contributed by atoms with Crippen molar-refractivity contribution in [2.75, 3.05) is 25.5 Å². The number of carbonyl (C=O) groups is 2. The standard InChI is InChI=1S/C15H20N2O2/c1-11(18)13-4-3-5-14(10-13)16-15(19)12-6-8-17(2)9-7-12/h3-5,10,12H,6-9H2,1-2H3,(H,16,19). The molecule has 102 valence electrons. The fourth-order valence-corrected chi connectivity index (χ4v) is 2.33. The highest BCUT2D eigenvalue weighted by Crippen LogP contribution is 2.19. The van der Waals surface area contributed by atoms with E-state index in [2.05, 4.69) is 17.3 Å². The molecule has 4 heteroatoms. The Morgan fingerprint density at radius 2 is 1.95 bits per heavy atom. The minimum atomic E-state index is 0.00962. The highest BCUT2D eigenvalue weighted by atomic mass is 16.2. The third-order valence-corrected chi connectivity index (χ3v) is 3.63. The number of nitrogens with one attached hydrogen (secondary N) is 1. The molecule has 1 aliphatic heterocycles. The summed E-state index contributed by atoms with van der Waals surface area (Å²) < 4.78 is 0. The molecular weight excluding hydrogens is 240 g/mol. The number of likely N-dealkylation sites (tertiary alicyclic amines) is 1. The van der Waals surface area contributed by atoms with Crippen molar-refractivity contribution in [3.63, 3.8) is 0 Å². The average Bonchev–Trinajstić information content (AvgIpc) is 2.39. The Hall–Kier alpha value is -1.68. The van der Waals surface area contributed by atoms with Gasteiger partial charge in [0, 0.05) is 17.2 Å². The summed E-state index contributed by atoms with van der Waals surface area (Å²) in [6.45, 7) is 3.45. The summed E-state index contributed by atoms with van der Waals surface area (Å²) >= 11 is 0. The SMILES string of the molecule is CC(=O)c1cccc(NC(=O)C2CCN(C)CC2)c1. The number of ketones is 1. The number of carbonyl (C=O) groups excluding carboxylic acids is 2. The van der Waals surface area contributed by atoms with Crippen LogP contribution in [0, 0.1) is 5.92 Å². The van der Waals surface area contributed by atoms with Gasteiger partial charge in [-0.3, -0.25) is 9.59 Å². The van der Waals surface area contributed by atoms with Crippen LogP contribution in [0.15, 0.2) is 24.3 Å². The van der Waals surface area contributed by atoms with Crippen molar-refractivity contribution in [3.05, 3.63) is 29.8 Å². The van der Waals surface area contributed by atoms with E-state index in [1.54, 1.807) is 18.2 Å². The van der Waals surface area contributed by atoms with Gasteiger partial charge in [-0.1, -0.05) is 12.1 Å². The van der Waals surface area contributed by atoms with Crippen molar-refractivity contribution in [2.24, 2.45) is 5.92 Å². The molecule has 0 unspecified atom stereocenters. The lowest BCUT2D eigenvalue weighted by Gasteiger charge is -2.28. The molecule has 1 aromatic carbocycles. The molecule has 0 saturated carbocycles. The summed E-state index contributed by atoms with van der Waals surface area (Å²) in [6, 6.07) is 7.10. The lowest BCUT2D eigenvalue weighted by atomic mass is 9.96. The molecule has 0 bridgehead atoms. The number of anilines is 1. The Balaban J connectivity index is 1.98. The molecule has 1 saturated heterocycles. The van der Waals surface area contributed by atoms with E-state index < -0.39 is 0 Å². The lowest BCUT2D eigenvalue weighted by Crippen LogP contribution is -2.35. The van der Waals surface area contributed by atoms with Crippen LogP contribution in [0.2, 0.25) is 0 Å². The zero-order valence-electron chi connectivity index (χ0n) is 11.5. The van der Waals surface area contributed by atoms with Crippen LogP contribution in [-0.4, -0.2) is 36.7 Å². The third-order valence-electron chi connectivity index (χ3n) is 3.63. The summed E-state index contributed by atoms with van der Waals surface area (Å²) in [5.74, 6) is 0.154. The number of hydrogen-bond acceptors (Lipinski definition) is 3. The molecule has 0 radical (unpaired) electrons. The van der Waals surface area contributed by atoms with E-state index in [0.717, 1.165) is 25.9 Å². The van der Waals surface area contributed by atoms with Crippen LogP contribution in [-0.2, 0) is 4.79 Å². The molecule has 2 rings (SSSR count). The van der Waals surface area contributed by atoms with Crippen molar-refractivity contribution in [1.82, 2.24) is 4.90 Å². The van der Waals surface area contributed by atoms with Crippen molar-refractivity contribution >= 4 is 17.4 Å². The summed E-state index contributed by atoms with van der Waals surface area (Å²) in [5, 5.41) is 2.91. The van der Waals surface area contributed by atoms with Crippen molar-refractivity contribution < 1.29 is 9.59 Å². The van der Waals surface area contributed by atoms with E-state index in [0.29, 0.717) is 11.3 Å². The minimum Gasteiger partial charge on any atom is -0.326 e. The second-order valence-corrected chi connectivity index (χ2v) is 5.20. The number of Topliss-reactive ketones (excluding diaryl/α,β-unsaturated/α-hetero) is 1. The van der Waals surface area contributed by atoms with Gasteiger partial charge in [-0.25, -0.2) is 0 Å². The number of rotatable bonds is 3. The number of benzene rings is 1. The lowest BCUT2D eigenvalue weighted by molar-refractivity contribution is -0.121. The van der Waals surface area contributed by atoms with Crippen LogP contribution in [0.5, 0.6) is 0 Å². The van der Waals surface area contributed by atoms with E-state index >= 15 is 0 Å². The Morgan fingerprint density at radius 3 is 2.58 bits per heavy atom.